The van der Waals surface area contributed by atoms with Gasteiger partial charge in [-0.25, -0.2) is 4.98 Å². The summed E-state index contributed by atoms with van der Waals surface area (Å²) in [5, 5.41) is 12.4. The van der Waals surface area contributed by atoms with Crippen LogP contribution in [0.15, 0.2) is 4.90 Å². The second kappa shape index (κ2) is 4.51. The highest BCUT2D eigenvalue weighted by Gasteiger charge is 2.28. The molecule has 1 aromatic heterocycles. The number of halogens is 1. The zero-order valence-corrected chi connectivity index (χ0v) is 11.2. The molecule has 1 atom stereocenters. The van der Waals surface area contributed by atoms with Crippen LogP contribution in [0.5, 0.6) is 0 Å². The molecule has 7 heteroatoms. The molecule has 0 spiro atoms. The number of nitrogens with one attached hydrogen (secondary N) is 1. The molecule has 2 rings (SSSR count). The van der Waals surface area contributed by atoms with E-state index >= 15 is 0 Å². The third-order valence-corrected chi connectivity index (χ3v) is 4.14. The number of aromatic nitrogens is 2. The van der Waals surface area contributed by atoms with Crippen molar-refractivity contribution in [2.45, 2.75) is 30.7 Å². The molecule has 0 aromatic carbocycles. The largest absolute Gasteiger partial charge is 0.394 e. The van der Waals surface area contributed by atoms with Gasteiger partial charge in [0, 0.05) is 12.2 Å². The van der Waals surface area contributed by atoms with E-state index in [0.29, 0.717) is 22.9 Å². The maximum atomic E-state index is 11.9. The number of nitrogens with zero attached hydrogens (tertiary/aromatic N) is 2. The zero-order chi connectivity index (χ0) is 12.6. The van der Waals surface area contributed by atoms with Crippen LogP contribution in [-0.2, 0) is 17.2 Å². The maximum Gasteiger partial charge on any atom is 0.224 e. The third-order valence-electron chi connectivity index (χ3n) is 2.51. The number of fused-ring (bicyclic) bond motifs is 1. The van der Waals surface area contributed by atoms with Crippen LogP contribution in [0.3, 0.4) is 0 Å². The van der Waals surface area contributed by atoms with Crippen molar-refractivity contribution >= 4 is 28.2 Å². The number of hydrogen-bond donors (Lipinski definition) is 2. The molecule has 0 saturated heterocycles. The fraction of sp³-hybridized carbons (Fsp3) is 0.600. The molecule has 1 aromatic rings. The van der Waals surface area contributed by atoms with Crippen molar-refractivity contribution in [2.24, 2.45) is 0 Å². The smallest absolute Gasteiger partial charge is 0.224 e. The second-order valence-electron chi connectivity index (χ2n) is 4.58. The fourth-order valence-electron chi connectivity index (χ4n) is 1.61. The van der Waals surface area contributed by atoms with E-state index in [1.807, 2.05) is 13.8 Å². The van der Waals surface area contributed by atoms with Gasteiger partial charge in [0.15, 0.2) is 0 Å². The van der Waals surface area contributed by atoms with Gasteiger partial charge in [-0.1, -0.05) is 0 Å². The topological polar surface area (TPSA) is 75.1 Å². The van der Waals surface area contributed by atoms with Gasteiger partial charge in [-0.15, -0.1) is 0 Å². The molecular formula is C10H14ClN3O2S. The molecule has 2 heterocycles. The molecule has 0 saturated carbocycles. The third kappa shape index (κ3) is 2.59. The number of hydrogen-bond acceptors (Lipinski definition) is 5. The van der Waals surface area contributed by atoms with Crippen LogP contribution < -0.4 is 5.32 Å². The maximum absolute atomic E-state index is 11.9. The Balaban J connectivity index is 2.44. The highest BCUT2D eigenvalue weighted by Crippen LogP contribution is 2.30. The molecule has 0 aliphatic carbocycles. The molecular weight excluding hydrogens is 262 g/mol. The number of anilines is 1. The highest BCUT2D eigenvalue weighted by molar-refractivity contribution is 7.85. The first-order valence-corrected chi connectivity index (χ1v) is 6.96. The Kier molecular flexibility index (Phi) is 3.38. The van der Waals surface area contributed by atoms with Crippen LogP contribution in [0, 0.1) is 0 Å². The van der Waals surface area contributed by atoms with Gasteiger partial charge < -0.3 is 10.4 Å². The standard InChI is InChI=1S/C10H14ClN3O2S/c1-10(2,5-15)14-8-7-6(3-4-17(7)16)12-9(11)13-8/h15H,3-5H2,1-2H3,(H,12,13,14)/t17-/m0/s1. The van der Waals surface area contributed by atoms with Gasteiger partial charge in [0.2, 0.25) is 5.28 Å². The number of aliphatic hydroxyl groups excluding tert-OH is 1. The van der Waals surface area contributed by atoms with Crippen LogP contribution in [-0.4, -0.2) is 37.2 Å². The van der Waals surface area contributed by atoms with Crippen LogP contribution >= 0.6 is 11.6 Å². The first-order chi connectivity index (χ1) is 7.93. The Morgan fingerprint density at radius 2 is 2.24 bits per heavy atom. The minimum Gasteiger partial charge on any atom is -0.394 e. The summed E-state index contributed by atoms with van der Waals surface area (Å²) in [6.45, 7) is 3.59. The lowest BCUT2D eigenvalue weighted by Crippen LogP contribution is -2.35. The average molecular weight is 276 g/mol. The summed E-state index contributed by atoms with van der Waals surface area (Å²) < 4.78 is 11.9. The first-order valence-electron chi connectivity index (χ1n) is 5.27. The lowest BCUT2D eigenvalue weighted by Gasteiger charge is -2.25. The summed E-state index contributed by atoms with van der Waals surface area (Å²) >= 11 is 5.82. The van der Waals surface area contributed by atoms with E-state index in [4.69, 9.17) is 11.6 Å². The van der Waals surface area contributed by atoms with Crippen LogP contribution in [0.4, 0.5) is 5.82 Å². The zero-order valence-electron chi connectivity index (χ0n) is 9.66. The molecule has 2 N–H and O–H groups in total. The van der Waals surface area contributed by atoms with E-state index in [2.05, 4.69) is 15.3 Å². The predicted octanol–water partition coefficient (Wildman–Crippen LogP) is 0.977. The summed E-state index contributed by atoms with van der Waals surface area (Å²) in [5.41, 5.74) is 0.192. The van der Waals surface area contributed by atoms with Crippen molar-refractivity contribution in [2.75, 3.05) is 17.7 Å². The van der Waals surface area contributed by atoms with E-state index in [-0.39, 0.29) is 11.9 Å². The molecule has 0 bridgehead atoms. The van der Waals surface area contributed by atoms with Gasteiger partial charge in [0.25, 0.3) is 0 Å². The van der Waals surface area contributed by atoms with Crippen molar-refractivity contribution in [3.05, 3.63) is 11.0 Å². The van der Waals surface area contributed by atoms with E-state index in [9.17, 15) is 9.32 Å². The normalized spacial score (nSPS) is 19.2. The van der Waals surface area contributed by atoms with Gasteiger partial charge in [0.1, 0.15) is 10.7 Å². The van der Waals surface area contributed by atoms with Crippen molar-refractivity contribution in [3.8, 4) is 0 Å². The summed E-state index contributed by atoms with van der Waals surface area (Å²) in [7, 11) is -1.08. The van der Waals surface area contributed by atoms with Gasteiger partial charge >= 0.3 is 0 Å². The molecule has 0 amide bonds. The second-order valence-corrected chi connectivity index (χ2v) is 6.43. The van der Waals surface area contributed by atoms with Crippen LogP contribution in [0.25, 0.3) is 0 Å². The van der Waals surface area contributed by atoms with E-state index in [0.717, 1.165) is 5.69 Å². The van der Waals surface area contributed by atoms with Gasteiger partial charge in [0.05, 0.1) is 28.6 Å². The first kappa shape index (κ1) is 12.7. The predicted molar refractivity (Wildman–Crippen MR) is 66.8 cm³/mol. The Morgan fingerprint density at radius 1 is 1.53 bits per heavy atom. The molecule has 17 heavy (non-hydrogen) atoms. The number of rotatable bonds is 3. The van der Waals surface area contributed by atoms with Crippen molar-refractivity contribution in [3.63, 3.8) is 0 Å². The Morgan fingerprint density at radius 3 is 2.88 bits per heavy atom. The number of aliphatic hydroxyl groups is 1. The van der Waals surface area contributed by atoms with Gasteiger partial charge in [-0.3, -0.25) is 4.21 Å². The molecule has 1 aliphatic heterocycles. The van der Waals surface area contributed by atoms with E-state index in [1.165, 1.54) is 0 Å². The molecule has 0 fully saturated rings. The minimum atomic E-state index is -1.08. The molecule has 0 radical (unpaired) electrons. The molecule has 0 unspecified atom stereocenters. The summed E-state index contributed by atoms with van der Waals surface area (Å²) in [6.07, 6.45) is 0.651. The Labute approximate surface area is 107 Å². The SMILES string of the molecule is CC(C)(CO)Nc1nc(Cl)nc2c1[S@@](=O)CC2. The molecule has 1 aliphatic rings. The Hall–Kier alpha value is -0.720. The van der Waals surface area contributed by atoms with Crippen LogP contribution in [0.1, 0.15) is 19.5 Å². The van der Waals surface area contributed by atoms with Crippen molar-refractivity contribution in [1.29, 1.82) is 0 Å². The average Bonchev–Trinajstić information content (AvgIpc) is 2.59. The number of aryl methyl sites for hydroxylation is 1. The molecule has 5 nitrogen and oxygen atoms in total. The minimum absolute atomic E-state index is 0.0595. The summed E-state index contributed by atoms with van der Waals surface area (Å²) in [5.74, 6) is 1.02. The summed E-state index contributed by atoms with van der Waals surface area (Å²) in [6, 6.07) is 0. The van der Waals surface area contributed by atoms with Gasteiger partial charge in [-0.2, -0.15) is 4.98 Å². The Bertz CT molecular complexity index is 479. The lowest BCUT2D eigenvalue weighted by molar-refractivity contribution is 0.233. The van der Waals surface area contributed by atoms with E-state index in [1.54, 1.807) is 0 Å². The van der Waals surface area contributed by atoms with Gasteiger partial charge in [-0.05, 0) is 25.4 Å². The quantitative estimate of drug-likeness (QED) is 0.804. The van der Waals surface area contributed by atoms with E-state index < -0.39 is 16.3 Å². The molecule has 94 valence electrons. The fourth-order valence-corrected chi connectivity index (χ4v) is 3.10. The van der Waals surface area contributed by atoms with Crippen molar-refractivity contribution in [1.82, 2.24) is 9.97 Å². The lowest BCUT2D eigenvalue weighted by atomic mass is 10.1. The van der Waals surface area contributed by atoms with Crippen molar-refractivity contribution < 1.29 is 9.32 Å². The monoisotopic (exact) mass is 275 g/mol. The van der Waals surface area contributed by atoms with Crippen LogP contribution in [0.2, 0.25) is 5.28 Å². The highest BCUT2D eigenvalue weighted by atomic mass is 35.5. The summed E-state index contributed by atoms with van der Waals surface area (Å²) in [4.78, 5) is 8.77.